The van der Waals surface area contributed by atoms with E-state index in [-0.39, 0.29) is 12.1 Å². The van der Waals surface area contributed by atoms with Crippen LogP contribution in [-0.2, 0) is 9.47 Å². The Morgan fingerprint density at radius 1 is 1.15 bits per heavy atom. The van der Waals surface area contributed by atoms with Crippen LogP contribution in [0.25, 0.3) is 0 Å². The Balaban J connectivity index is 2.51. The zero-order chi connectivity index (χ0) is 14.8. The maximum atomic E-state index is 6.19. The molecule has 0 aromatic heterocycles. The number of nitrogens with two attached hydrogens (primary N) is 1. The quantitative estimate of drug-likeness (QED) is 0.651. The summed E-state index contributed by atoms with van der Waals surface area (Å²) in [7, 11) is 0. The Morgan fingerprint density at radius 3 is 2.55 bits per heavy atom. The minimum Gasteiger partial charge on any atom is -0.379 e. The molecule has 0 bridgehead atoms. The van der Waals surface area contributed by atoms with Crippen molar-refractivity contribution >= 4 is 15.9 Å². The third-order valence-corrected chi connectivity index (χ3v) is 3.96. The van der Waals surface area contributed by atoms with Gasteiger partial charge in [0.1, 0.15) is 0 Å². The van der Waals surface area contributed by atoms with E-state index in [0.29, 0.717) is 13.2 Å². The Hall–Kier alpha value is -0.420. The van der Waals surface area contributed by atoms with Crippen LogP contribution in [0.2, 0.25) is 0 Å². The van der Waals surface area contributed by atoms with Gasteiger partial charge in [-0.2, -0.15) is 0 Å². The van der Waals surface area contributed by atoms with Crippen molar-refractivity contribution in [3.8, 4) is 0 Å². The molecule has 0 saturated carbocycles. The standard InChI is InChI=1S/C16H26BrNO2/c1-3-5-10-19-11-12-20-16(15(18)4-2)13-8-6-7-9-14(13)17/h6-9,15-16H,3-5,10-12,18H2,1-2H3. The van der Waals surface area contributed by atoms with Crippen molar-refractivity contribution in [2.75, 3.05) is 19.8 Å². The lowest BCUT2D eigenvalue weighted by molar-refractivity contribution is -0.00851. The highest BCUT2D eigenvalue weighted by molar-refractivity contribution is 9.10. The largest absolute Gasteiger partial charge is 0.379 e. The van der Waals surface area contributed by atoms with Crippen molar-refractivity contribution in [3.05, 3.63) is 34.3 Å². The van der Waals surface area contributed by atoms with E-state index in [9.17, 15) is 0 Å². The Bertz CT molecular complexity index is 373. The van der Waals surface area contributed by atoms with E-state index in [1.807, 2.05) is 18.2 Å². The monoisotopic (exact) mass is 343 g/mol. The van der Waals surface area contributed by atoms with E-state index in [0.717, 1.165) is 35.9 Å². The summed E-state index contributed by atoms with van der Waals surface area (Å²) in [5.41, 5.74) is 7.30. The number of hydrogen-bond acceptors (Lipinski definition) is 3. The van der Waals surface area contributed by atoms with E-state index < -0.39 is 0 Å². The van der Waals surface area contributed by atoms with Crippen molar-refractivity contribution in [2.24, 2.45) is 5.73 Å². The topological polar surface area (TPSA) is 44.5 Å². The van der Waals surface area contributed by atoms with Gasteiger partial charge in [-0.25, -0.2) is 0 Å². The predicted molar refractivity (Wildman–Crippen MR) is 86.8 cm³/mol. The van der Waals surface area contributed by atoms with E-state index in [2.05, 4.69) is 35.8 Å². The fourth-order valence-corrected chi connectivity index (χ4v) is 2.46. The summed E-state index contributed by atoms with van der Waals surface area (Å²) in [4.78, 5) is 0. The van der Waals surface area contributed by atoms with Crippen molar-refractivity contribution in [2.45, 2.75) is 45.3 Å². The van der Waals surface area contributed by atoms with Crippen molar-refractivity contribution in [1.29, 1.82) is 0 Å². The van der Waals surface area contributed by atoms with Crippen LogP contribution >= 0.6 is 15.9 Å². The van der Waals surface area contributed by atoms with E-state index >= 15 is 0 Å². The number of halogens is 1. The average Bonchev–Trinajstić information content (AvgIpc) is 2.47. The van der Waals surface area contributed by atoms with Crippen LogP contribution in [0, 0.1) is 0 Å². The highest BCUT2D eigenvalue weighted by Gasteiger charge is 2.21. The molecule has 0 spiro atoms. The molecular formula is C16H26BrNO2. The van der Waals surface area contributed by atoms with Gasteiger partial charge < -0.3 is 15.2 Å². The first kappa shape index (κ1) is 17.6. The highest BCUT2D eigenvalue weighted by atomic mass is 79.9. The first-order valence-corrected chi connectivity index (χ1v) is 8.19. The molecule has 2 N–H and O–H groups in total. The lowest BCUT2D eigenvalue weighted by Crippen LogP contribution is -2.30. The Labute approximate surface area is 131 Å². The van der Waals surface area contributed by atoms with Crippen molar-refractivity contribution < 1.29 is 9.47 Å². The molecule has 2 unspecified atom stereocenters. The zero-order valence-corrected chi connectivity index (χ0v) is 14.1. The molecule has 4 heteroatoms. The summed E-state index contributed by atoms with van der Waals surface area (Å²) in [5, 5.41) is 0. The number of benzene rings is 1. The van der Waals surface area contributed by atoms with Crippen LogP contribution in [0.15, 0.2) is 28.7 Å². The summed E-state index contributed by atoms with van der Waals surface area (Å²) in [6.45, 7) is 6.24. The van der Waals surface area contributed by atoms with Gasteiger partial charge in [0.15, 0.2) is 0 Å². The van der Waals surface area contributed by atoms with Gasteiger partial charge in [-0.15, -0.1) is 0 Å². The molecule has 0 fully saturated rings. The van der Waals surface area contributed by atoms with Crippen LogP contribution in [-0.4, -0.2) is 25.9 Å². The van der Waals surface area contributed by atoms with E-state index in [1.165, 1.54) is 0 Å². The SMILES string of the molecule is CCCCOCCOC(c1ccccc1Br)C(N)CC. The van der Waals surface area contributed by atoms with Gasteiger partial charge >= 0.3 is 0 Å². The Morgan fingerprint density at radius 2 is 1.90 bits per heavy atom. The lowest BCUT2D eigenvalue weighted by atomic mass is 10.0. The number of ether oxygens (including phenoxy) is 2. The number of rotatable bonds is 10. The van der Waals surface area contributed by atoms with Crippen molar-refractivity contribution in [3.63, 3.8) is 0 Å². The third-order valence-electron chi connectivity index (χ3n) is 3.24. The molecular weight excluding hydrogens is 318 g/mol. The fraction of sp³-hybridized carbons (Fsp3) is 0.625. The van der Waals surface area contributed by atoms with Crippen LogP contribution in [0.1, 0.15) is 44.8 Å². The third kappa shape index (κ3) is 5.92. The maximum absolute atomic E-state index is 6.19. The van der Waals surface area contributed by atoms with E-state index in [1.54, 1.807) is 0 Å². The molecule has 0 aliphatic carbocycles. The number of hydrogen-bond donors (Lipinski definition) is 1. The molecule has 1 rings (SSSR count). The second-order valence-corrected chi connectivity index (χ2v) is 5.71. The van der Waals surface area contributed by atoms with Gasteiger partial charge in [0, 0.05) is 17.1 Å². The molecule has 3 nitrogen and oxygen atoms in total. The summed E-state index contributed by atoms with van der Waals surface area (Å²) in [5.74, 6) is 0. The molecule has 20 heavy (non-hydrogen) atoms. The van der Waals surface area contributed by atoms with Crippen LogP contribution in [0.4, 0.5) is 0 Å². The van der Waals surface area contributed by atoms with Gasteiger partial charge in [-0.1, -0.05) is 54.4 Å². The second kappa shape index (κ2) is 10.3. The predicted octanol–water partition coefficient (Wildman–Crippen LogP) is 4.06. The lowest BCUT2D eigenvalue weighted by Gasteiger charge is -2.25. The Kier molecular flexibility index (Phi) is 9.10. The first-order chi connectivity index (χ1) is 9.70. The summed E-state index contributed by atoms with van der Waals surface area (Å²) in [6.07, 6.45) is 3.04. The second-order valence-electron chi connectivity index (χ2n) is 4.85. The fourth-order valence-electron chi connectivity index (χ4n) is 1.95. The van der Waals surface area contributed by atoms with Gasteiger partial charge in [0.05, 0.1) is 19.3 Å². The minimum absolute atomic E-state index is 0.00987. The molecule has 0 aliphatic rings. The maximum Gasteiger partial charge on any atom is 0.0987 e. The first-order valence-electron chi connectivity index (χ1n) is 7.40. The van der Waals surface area contributed by atoms with Crippen molar-refractivity contribution in [1.82, 2.24) is 0 Å². The highest BCUT2D eigenvalue weighted by Crippen LogP contribution is 2.28. The molecule has 0 heterocycles. The molecule has 0 aliphatic heterocycles. The smallest absolute Gasteiger partial charge is 0.0987 e. The van der Waals surface area contributed by atoms with Gasteiger partial charge in [0.2, 0.25) is 0 Å². The molecule has 0 amide bonds. The number of unbranched alkanes of at least 4 members (excludes halogenated alkanes) is 1. The van der Waals surface area contributed by atoms with Gasteiger partial charge in [-0.05, 0) is 24.5 Å². The van der Waals surface area contributed by atoms with Gasteiger partial charge in [0.25, 0.3) is 0 Å². The summed E-state index contributed by atoms with van der Waals surface area (Å²) in [6, 6.07) is 8.07. The molecule has 1 aromatic carbocycles. The summed E-state index contributed by atoms with van der Waals surface area (Å²) < 4.78 is 12.5. The zero-order valence-electron chi connectivity index (χ0n) is 12.5. The van der Waals surface area contributed by atoms with E-state index in [4.69, 9.17) is 15.2 Å². The molecule has 1 aromatic rings. The molecule has 2 atom stereocenters. The van der Waals surface area contributed by atoms with Crippen LogP contribution in [0.5, 0.6) is 0 Å². The molecule has 0 saturated heterocycles. The van der Waals surface area contributed by atoms with Crippen LogP contribution < -0.4 is 5.73 Å². The van der Waals surface area contributed by atoms with Gasteiger partial charge in [-0.3, -0.25) is 0 Å². The van der Waals surface area contributed by atoms with Crippen LogP contribution in [0.3, 0.4) is 0 Å². The molecule has 114 valence electrons. The average molecular weight is 344 g/mol. The normalized spacial score (nSPS) is 14.2. The summed E-state index contributed by atoms with van der Waals surface area (Å²) >= 11 is 3.57. The molecule has 0 radical (unpaired) electrons. The minimum atomic E-state index is -0.0923.